The Morgan fingerprint density at radius 2 is 1.58 bits per heavy atom. The molecule has 5 atom stereocenters. The lowest BCUT2D eigenvalue weighted by Crippen LogP contribution is -2.66. The molecule has 13 heteroatoms. The summed E-state index contributed by atoms with van der Waals surface area (Å²) < 4.78 is 27.3. The van der Waals surface area contributed by atoms with Crippen LogP contribution in [0.5, 0.6) is 0 Å². The summed E-state index contributed by atoms with van der Waals surface area (Å²) in [5.74, 6) is -2.67. The molecule has 0 radical (unpaired) electrons. The van der Waals surface area contributed by atoms with Crippen LogP contribution in [0.3, 0.4) is 0 Å². The van der Waals surface area contributed by atoms with Gasteiger partial charge in [-0.05, 0) is 6.42 Å². The van der Waals surface area contributed by atoms with E-state index in [1.165, 1.54) is 13.8 Å². The first-order valence-electron chi connectivity index (χ1n) is 10.5. The van der Waals surface area contributed by atoms with E-state index in [1.807, 2.05) is 0 Å². The van der Waals surface area contributed by atoms with Gasteiger partial charge in [-0.15, -0.1) is 0 Å². The van der Waals surface area contributed by atoms with E-state index in [-0.39, 0.29) is 25.5 Å². The number of rotatable bonds is 12. The maximum absolute atomic E-state index is 11.8. The number of carbonyl (C=O) groups is 5. The molecule has 1 heterocycles. The second kappa shape index (κ2) is 14.4. The van der Waals surface area contributed by atoms with Crippen molar-refractivity contribution in [3.63, 3.8) is 0 Å². The number of nitrogens with one attached hydrogen (secondary N) is 2. The second-order valence-electron chi connectivity index (χ2n) is 7.33. The van der Waals surface area contributed by atoms with E-state index in [1.54, 1.807) is 0 Å². The molecule has 188 valence electrons. The molecular formula is C20H33N3O10. The highest BCUT2D eigenvalue weighted by Gasteiger charge is 2.51. The lowest BCUT2D eigenvalue weighted by molar-refractivity contribution is -0.277. The highest BCUT2D eigenvalue weighted by Crippen LogP contribution is 2.28. The van der Waals surface area contributed by atoms with Crippen LogP contribution in [0.2, 0.25) is 0 Å². The Balaban J connectivity index is 3.05. The fraction of sp³-hybridized carbons (Fsp3) is 0.750. The standard InChI is InChI=1S/C20H33N3O10/c1-11(24)23-17-19(32-14(4)27)18(31-13(3)26)15(10-30-12(2)25)33-20(17)29-9-5-6-16(28)22-8-7-21/h15,17-20H,5-10,21H2,1-4H3,(H,22,28)(H,23,24)/t15-,17-,18-,19-,20-/m1/s1. The van der Waals surface area contributed by atoms with Gasteiger partial charge in [0.15, 0.2) is 18.5 Å². The maximum Gasteiger partial charge on any atom is 0.303 e. The van der Waals surface area contributed by atoms with Crippen LogP contribution >= 0.6 is 0 Å². The lowest BCUT2D eigenvalue weighted by atomic mass is 9.96. The first-order chi connectivity index (χ1) is 15.5. The van der Waals surface area contributed by atoms with Crippen molar-refractivity contribution in [2.75, 3.05) is 26.3 Å². The molecule has 0 spiro atoms. The van der Waals surface area contributed by atoms with Gasteiger partial charge in [0.2, 0.25) is 11.8 Å². The molecule has 1 aliphatic heterocycles. The summed E-state index contributed by atoms with van der Waals surface area (Å²) in [6.07, 6.45) is -4.10. The van der Waals surface area contributed by atoms with Crippen molar-refractivity contribution in [2.45, 2.75) is 71.2 Å². The molecular weight excluding hydrogens is 442 g/mol. The number of hydrogen-bond donors (Lipinski definition) is 3. The number of amides is 2. The summed E-state index contributed by atoms with van der Waals surface area (Å²) in [7, 11) is 0. The quantitative estimate of drug-likeness (QED) is 0.170. The predicted molar refractivity (Wildman–Crippen MR) is 111 cm³/mol. The third-order valence-electron chi connectivity index (χ3n) is 4.37. The topological polar surface area (TPSA) is 182 Å². The van der Waals surface area contributed by atoms with Crippen molar-refractivity contribution >= 4 is 29.7 Å². The van der Waals surface area contributed by atoms with Crippen molar-refractivity contribution in [3.8, 4) is 0 Å². The van der Waals surface area contributed by atoms with E-state index in [4.69, 9.17) is 29.4 Å². The zero-order chi connectivity index (χ0) is 25.0. The van der Waals surface area contributed by atoms with Gasteiger partial charge in [0.25, 0.3) is 0 Å². The molecule has 0 bridgehead atoms. The average molecular weight is 475 g/mol. The molecule has 13 nitrogen and oxygen atoms in total. The fourth-order valence-electron chi connectivity index (χ4n) is 3.17. The Hall–Kier alpha value is -2.77. The van der Waals surface area contributed by atoms with Crippen LogP contribution < -0.4 is 16.4 Å². The normalized spacial score (nSPS) is 24.3. The minimum absolute atomic E-state index is 0.0576. The number of carbonyl (C=O) groups excluding carboxylic acids is 5. The van der Waals surface area contributed by atoms with Gasteiger partial charge < -0.3 is 40.1 Å². The summed E-state index contributed by atoms with van der Waals surface area (Å²) in [5, 5.41) is 5.23. The highest BCUT2D eigenvalue weighted by molar-refractivity contribution is 5.75. The molecule has 2 amide bonds. The first-order valence-corrected chi connectivity index (χ1v) is 10.5. The minimum Gasteiger partial charge on any atom is -0.463 e. The van der Waals surface area contributed by atoms with Gasteiger partial charge in [-0.25, -0.2) is 0 Å². The van der Waals surface area contributed by atoms with Crippen LogP contribution in [0, 0.1) is 0 Å². The molecule has 1 saturated heterocycles. The molecule has 0 aromatic carbocycles. The van der Waals surface area contributed by atoms with Gasteiger partial charge in [-0.2, -0.15) is 0 Å². The van der Waals surface area contributed by atoms with E-state index in [2.05, 4.69) is 10.6 Å². The number of esters is 3. The van der Waals surface area contributed by atoms with Crippen molar-refractivity contribution in [1.82, 2.24) is 10.6 Å². The van der Waals surface area contributed by atoms with Gasteiger partial charge in [-0.1, -0.05) is 0 Å². The van der Waals surface area contributed by atoms with Gasteiger partial charge in [0.1, 0.15) is 18.8 Å². The highest BCUT2D eigenvalue weighted by atomic mass is 16.7. The van der Waals surface area contributed by atoms with Crippen LogP contribution in [0.1, 0.15) is 40.5 Å². The molecule has 0 aliphatic carbocycles. The number of ether oxygens (including phenoxy) is 5. The fourth-order valence-corrected chi connectivity index (χ4v) is 3.17. The SMILES string of the molecule is CC(=O)N[C@H]1[C@H](OCCCC(=O)NCCN)O[C@H](COC(C)=O)[C@@H](OC(C)=O)[C@@H]1OC(C)=O. The van der Waals surface area contributed by atoms with Gasteiger partial charge in [0, 0.05) is 47.2 Å². The summed E-state index contributed by atoms with van der Waals surface area (Å²) >= 11 is 0. The van der Waals surface area contributed by atoms with Crippen molar-refractivity contribution < 1.29 is 47.7 Å². The third-order valence-corrected chi connectivity index (χ3v) is 4.37. The first kappa shape index (κ1) is 28.3. The van der Waals surface area contributed by atoms with Crippen molar-refractivity contribution in [3.05, 3.63) is 0 Å². The van der Waals surface area contributed by atoms with E-state index in [0.29, 0.717) is 19.5 Å². The van der Waals surface area contributed by atoms with E-state index in [9.17, 15) is 24.0 Å². The zero-order valence-corrected chi connectivity index (χ0v) is 19.3. The maximum atomic E-state index is 11.8. The number of hydrogen-bond acceptors (Lipinski definition) is 11. The molecule has 0 aromatic rings. The van der Waals surface area contributed by atoms with Gasteiger partial charge in [-0.3, -0.25) is 24.0 Å². The smallest absolute Gasteiger partial charge is 0.303 e. The van der Waals surface area contributed by atoms with Gasteiger partial charge in [0.05, 0.1) is 6.61 Å². The summed E-state index contributed by atoms with van der Waals surface area (Å²) in [5.41, 5.74) is 5.34. The Kier molecular flexibility index (Phi) is 12.3. The minimum atomic E-state index is -1.19. The van der Waals surface area contributed by atoms with E-state index in [0.717, 1.165) is 13.8 Å². The van der Waals surface area contributed by atoms with Crippen LogP contribution in [-0.2, 0) is 47.7 Å². The molecule has 1 aliphatic rings. The molecule has 0 saturated carbocycles. The van der Waals surface area contributed by atoms with Crippen LogP contribution in [-0.4, -0.2) is 86.7 Å². The Labute approximate surface area is 191 Å². The van der Waals surface area contributed by atoms with E-state index < -0.39 is 54.5 Å². The van der Waals surface area contributed by atoms with E-state index >= 15 is 0 Å². The lowest BCUT2D eigenvalue weighted by Gasteiger charge is -2.44. The third kappa shape index (κ3) is 10.6. The molecule has 0 aromatic heterocycles. The monoisotopic (exact) mass is 475 g/mol. The van der Waals surface area contributed by atoms with Crippen molar-refractivity contribution in [1.29, 1.82) is 0 Å². The summed E-state index contributed by atoms with van der Waals surface area (Å²) in [6, 6.07) is -1.05. The van der Waals surface area contributed by atoms with Crippen LogP contribution in [0.4, 0.5) is 0 Å². The number of nitrogens with two attached hydrogens (primary N) is 1. The Bertz CT molecular complexity index is 702. The second-order valence-corrected chi connectivity index (χ2v) is 7.33. The molecule has 1 rings (SSSR count). The predicted octanol–water partition coefficient (Wildman–Crippen LogP) is -1.49. The Morgan fingerprint density at radius 3 is 2.12 bits per heavy atom. The molecule has 4 N–H and O–H groups in total. The van der Waals surface area contributed by atoms with Crippen LogP contribution in [0.15, 0.2) is 0 Å². The van der Waals surface area contributed by atoms with Crippen LogP contribution in [0.25, 0.3) is 0 Å². The largest absolute Gasteiger partial charge is 0.463 e. The molecule has 1 fully saturated rings. The van der Waals surface area contributed by atoms with Crippen molar-refractivity contribution in [2.24, 2.45) is 5.73 Å². The summed E-state index contributed by atoms with van der Waals surface area (Å²) in [6.45, 7) is 5.16. The molecule has 0 unspecified atom stereocenters. The zero-order valence-electron chi connectivity index (χ0n) is 19.3. The Morgan fingerprint density at radius 1 is 0.939 bits per heavy atom. The summed E-state index contributed by atoms with van der Waals surface area (Å²) in [4.78, 5) is 58.3. The average Bonchev–Trinajstić information content (AvgIpc) is 2.71. The molecule has 33 heavy (non-hydrogen) atoms. The van der Waals surface area contributed by atoms with Gasteiger partial charge >= 0.3 is 17.9 Å².